The monoisotopic (exact) mass is 302 g/mol. The van der Waals surface area contributed by atoms with Gasteiger partial charge in [-0.2, -0.15) is 0 Å². The maximum Gasteiger partial charge on any atom is -0.00988 e. The summed E-state index contributed by atoms with van der Waals surface area (Å²) in [5, 5.41) is 10.6. The van der Waals surface area contributed by atoms with Crippen LogP contribution in [0.25, 0.3) is 56.6 Å². The zero-order chi connectivity index (χ0) is 15.7. The summed E-state index contributed by atoms with van der Waals surface area (Å²) >= 11 is 0. The van der Waals surface area contributed by atoms with Crippen LogP contribution < -0.4 is 10.4 Å². The van der Waals surface area contributed by atoms with E-state index >= 15 is 0 Å². The molecule has 4 aromatic rings. The fraction of sp³-hybridized carbons (Fsp3) is 0. The third-order valence-electron chi connectivity index (χ3n) is 5.30. The molecule has 0 N–H and O–H groups in total. The molecule has 0 bridgehead atoms. The summed E-state index contributed by atoms with van der Waals surface area (Å²) in [6.07, 6.45) is 13.0. The predicted octanol–water partition coefficient (Wildman–Crippen LogP) is 4.76. The molecule has 4 aromatic carbocycles. The molecule has 0 spiro atoms. The highest BCUT2D eigenvalue weighted by atomic mass is 14.1. The van der Waals surface area contributed by atoms with Crippen molar-refractivity contribution in [2.45, 2.75) is 0 Å². The topological polar surface area (TPSA) is 0 Å². The molecule has 0 aliphatic heterocycles. The molecule has 110 valence electrons. The van der Waals surface area contributed by atoms with Crippen LogP contribution in [0.2, 0.25) is 0 Å². The molecule has 0 unspecified atom stereocenters. The molecule has 0 fully saturated rings. The quantitative estimate of drug-likeness (QED) is 0.324. The summed E-state index contributed by atoms with van der Waals surface area (Å²) in [5.74, 6) is 0. The summed E-state index contributed by atoms with van der Waals surface area (Å²) in [4.78, 5) is 0. The van der Waals surface area contributed by atoms with Crippen molar-refractivity contribution in [2.24, 2.45) is 0 Å². The van der Waals surface area contributed by atoms with Crippen molar-refractivity contribution in [1.82, 2.24) is 0 Å². The Morgan fingerprint density at radius 2 is 1.04 bits per heavy atom. The smallest absolute Gasteiger partial charge is 0.00988 e. The zero-order valence-electron chi connectivity index (χ0n) is 13.1. The highest BCUT2D eigenvalue weighted by Crippen LogP contribution is 2.30. The van der Waals surface area contributed by atoms with Gasteiger partial charge in [-0.1, -0.05) is 48.6 Å². The molecule has 0 nitrogen and oxygen atoms in total. The van der Waals surface area contributed by atoms with Gasteiger partial charge in [0.05, 0.1) is 0 Å². The van der Waals surface area contributed by atoms with Crippen LogP contribution in [0.4, 0.5) is 0 Å². The Labute approximate surface area is 139 Å². The molecule has 2 aliphatic carbocycles. The lowest BCUT2D eigenvalue weighted by Crippen LogP contribution is -2.02. The van der Waals surface area contributed by atoms with Crippen LogP contribution in [0.15, 0.2) is 60.7 Å². The van der Waals surface area contributed by atoms with Gasteiger partial charge >= 0.3 is 0 Å². The van der Waals surface area contributed by atoms with E-state index in [0.29, 0.717) is 0 Å². The normalized spacial score (nSPS) is 14.2. The second kappa shape index (κ2) is 4.24. The lowest BCUT2D eigenvalue weighted by Gasteiger charge is -2.08. The fourth-order valence-electron chi connectivity index (χ4n) is 4.06. The van der Waals surface area contributed by atoms with Gasteiger partial charge in [-0.25, -0.2) is 0 Å². The number of allylic oxidation sites excluding steroid dienone is 2. The second-order valence-corrected chi connectivity index (χ2v) is 6.72. The fourth-order valence-corrected chi connectivity index (χ4v) is 4.06. The van der Waals surface area contributed by atoms with Crippen molar-refractivity contribution < 1.29 is 0 Å². The van der Waals surface area contributed by atoms with E-state index < -0.39 is 0 Å². The Kier molecular flexibility index (Phi) is 2.18. The van der Waals surface area contributed by atoms with Crippen molar-refractivity contribution in [1.29, 1.82) is 0 Å². The number of benzene rings is 4. The average Bonchev–Trinajstić information content (AvgIpc) is 3.24. The van der Waals surface area contributed by atoms with Crippen LogP contribution in [-0.4, -0.2) is 0 Å². The van der Waals surface area contributed by atoms with Crippen LogP contribution >= 0.6 is 0 Å². The highest BCUT2D eigenvalue weighted by molar-refractivity contribution is 6.13. The van der Waals surface area contributed by atoms with Crippen molar-refractivity contribution in [2.75, 3.05) is 0 Å². The third kappa shape index (κ3) is 1.58. The van der Waals surface area contributed by atoms with Crippen molar-refractivity contribution >= 4 is 56.6 Å². The Hall–Kier alpha value is -3.12. The van der Waals surface area contributed by atoms with Gasteiger partial charge in [-0.05, 0) is 90.3 Å². The first-order valence-electron chi connectivity index (χ1n) is 8.36. The van der Waals surface area contributed by atoms with Gasteiger partial charge in [0.25, 0.3) is 0 Å². The number of hydrogen-bond donors (Lipinski definition) is 0. The molecule has 0 amide bonds. The molecule has 0 atom stereocenters. The number of rotatable bonds is 0. The van der Waals surface area contributed by atoms with E-state index in [0.717, 1.165) is 0 Å². The summed E-state index contributed by atoms with van der Waals surface area (Å²) in [6.45, 7) is 0. The van der Waals surface area contributed by atoms with Crippen molar-refractivity contribution in [3.05, 3.63) is 82.2 Å². The highest BCUT2D eigenvalue weighted by Gasteiger charge is 2.07. The first-order chi connectivity index (χ1) is 11.8. The van der Waals surface area contributed by atoms with Crippen LogP contribution in [0.1, 0.15) is 11.1 Å². The van der Waals surface area contributed by atoms with E-state index in [9.17, 15) is 0 Å². The summed E-state index contributed by atoms with van der Waals surface area (Å²) < 4.78 is 0. The third-order valence-corrected chi connectivity index (χ3v) is 5.30. The van der Waals surface area contributed by atoms with Crippen LogP contribution in [0.5, 0.6) is 0 Å². The molecule has 0 aromatic heterocycles. The van der Waals surface area contributed by atoms with Gasteiger partial charge < -0.3 is 0 Å². The van der Waals surface area contributed by atoms with E-state index in [1.807, 2.05) is 0 Å². The SMILES string of the molecule is C1=Cc2cc3cc4c(ccc5cc6c(cc54)C=CC=6)cc3cc2=C1. The van der Waals surface area contributed by atoms with Crippen LogP contribution in [0, 0.1) is 0 Å². The van der Waals surface area contributed by atoms with E-state index in [2.05, 4.69) is 85.0 Å². The summed E-state index contributed by atoms with van der Waals surface area (Å²) in [6, 6.07) is 18.4. The maximum absolute atomic E-state index is 2.36. The lowest BCUT2D eigenvalue weighted by atomic mass is 9.95. The Morgan fingerprint density at radius 1 is 0.458 bits per heavy atom. The largest absolute Gasteiger partial charge is 0.0610 e. The van der Waals surface area contributed by atoms with Gasteiger partial charge in [0, 0.05) is 0 Å². The standard InChI is InChI=1S/C24H14/c1-4-16-10-21-12-20-8-7-19-9-15-3-2-6-18(15)13-23(19)24(20)14-22(21)11-17(16)5-1/h1-14H. The van der Waals surface area contributed by atoms with Gasteiger partial charge in [-0.3, -0.25) is 0 Å². The lowest BCUT2D eigenvalue weighted by molar-refractivity contribution is 1.64. The van der Waals surface area contributed by atoms with Crippen LogP contribution in [-0.2, 0) is 0 Å². The Bertz CT molecular complexity index is 1370. The predicted molar refractivity (Wildman–Crippen MR) is 105 cm³/mol. The Morgan fingerprint density at radius 3 is 1.83 bits per heavy atom. The summed E-state index contributed by atoms with van der Waals surface area (Å²) in [7, 11) is 0. The van der Waals surface area contributed by atoms with E-state index in [-0.39, 0.29) is 0 Å². The average molecular weight is 302 g/mol. The molecular weight excluding hydrogens is 288 g/mol. The molecule has 0 saturated heterocycles. The molecule has 0 heterocycles. The van der Waals surface area contributed by atoms with E-state index in [4.69, 9.17) is 0 Å². The minimum atomic E-state index is 1.31. The zero-order valence-corrected chi connectivity index (χ0v) is 13.1. The molecule has 0 radical (unpaired) electrons. The van der Waals surface area contributed by atoms with Gasteiger partial charge in [-0.15, -0.1) is 0 Å². The molecule has 24 heavy (non-hydrogen) atoms. The molecular formula is C24H14. The van der Waals surface area contributed by atoms with E-state index in [1.165, 1.54) is 53.9 Å². The van der Waals surface area contributed by atoms with Crippen molar-refractivity contribution in [3.63, 3.8) is 0 Å². The Balaban J connectivity index is 1.79. The van der Waals surface area contributed by atoms with E-state index in [1.54, 1.807) is 0 Å². The van der Waals surface area contributed by atoms with Gasteiger partial charge in [0.1, 0.15) is 0 Å². The molecule has 0 heteroatoms. The summed E-state index contributed by atoms with van der Waals surface area (Å²) in [5.41, 5.74) is 2.64. The van der Waals surface area contributed by atoms with Gasteiger partial charge in [0.2, 0.25) is 0 Å². The van der Waals surface area contributed by atoms with Gasteiger partial charge in [0.15, 0.2) is 0 Å². The molecule has 0 saturated carbocycles. The van der Waals surface area contributed by atoms with Crippen LogP contribution in [0.3, 0.4) is 0 Å². The maximum atomic E-state index is 2.36. The second-order valence-electron chi connectivity index (χ2n) is 6.72. The minimum absolute atomic E-state index is 1.31. The first-order valence-corrected chi connectivity index (χ1v) is 8.36. The minimum Gasteiger partial charge on any atom is -0.0610 e. The number of fused-ring (bicyclic) bond motifs is 6. The first kappa shape index (κ1) is 12.3. The van der Waals surface area contributed by atoms with Crippen molar-refractivity contribution in [3.8, 4) is 0 Å². The number of hydrogen-bond acceptors (Lipinski definition) is 0. The molecule has 2 aliphatic rings. The molecule has 6 rings (SSSR count).